The number of fused-ring (bicyclic) bond motifs is 2. The first-order valence-corrected chi connectivity index (χ1v) is 19.0. The molecule has 2 saturated heterocycles. The SMILES string of the molecule is CN(C(=O)C1=CC2OC3(Cc4ccccc4C3)OC2C(OC(=O)c2ccccc2C=CC(=O)OC2C(=O)OCC2(C)C)C1)C(Cc1ccccc1)C(=O)NCCO. The van der Waals surface area contributed by atoms with E-state index in [0.717, 1.165) is 22.8 Å². The van der Waals surface area contributed by atoms with Crippen molar-refractivity contribution in [1.82, 2.24) is 10.2 Å². The lowest BCUT2D eigenvalue weighted by atomic mass is 9.90. The highest BCUT2D eigenvalue weighted by atomic mass is 16.8. The predicted octanol–water partition coefficient (Wildman–Crippen LogP) is 3.51. The summed E-state index contributed by atoms with van der Waals surface area (Å²) in [5, 5.41) is 12.1. The first-order chi connectivity index (χ1) is 27.4. The van der Waals surface area contributed by atoms with E-state index in [-0.39, 0.29) is 43.7 Å². The Balaban J connectivity index is 1.14. The van der Waals surface area contributed by atoms with Gasteiger partial charge in [-0.05, 0) is 40.5 Å². The molecule has 2 aliphatic carbocycles. The quantitative estimate of drug-likeness (QED) is 0.157. The topological polar surface area (TPSA) is 167 Å². The third-order valence-corrected chi connectivity index (χ3v) is 10.8. The number of nitrogens with one attached hydrogen (secondary N) is 1. The molecule has 5 unspecified atom stereocenters. The first-order valence-electron chi connectivity index (χ1n) is 19.0. The molecule has 0 bridgehead atoms. The Kier molecular flexibility index (Phi) is 11.4. The second-order valence-electron chi connectivity index (χ2n) is 15.5. The van der Waals surface area contributed by atoms with Gasteiger partial charge in [0.25, 0.3) is 0 Å². The molecule has 13 nitrogen and oxygen atoms in total. The van der Waals surface area contributed by atoms with Crippen molar-refractivity contribution in [2.75, 3.05) is 26.8 Å². The van der Waals surface area contributed by atoms with Crippen LogP contribution in [0.2, 0.25) is 0 Å². The van der Waals surface area contributed by atoms with Gasteiger partial charge in [0, 0.05) is 56.3 Å². The zero-order chi connectivity index (χ0) is 40.3. The summed E-state index contributed by atoms with van der Waals surface area (Å²) in [6.45, 7) is 3.42. The number of hydrogen-bond donors (Lipinski definition) is 2. The van der Waals surface area contributed by atoms with E-state index < -0.39 is 71.4 Å². The molecule has 13 heteroatoms. The Morgan fingerprint density at radius 1 is 0.947 bits per heavy atom. The maximum absolute atomic E-state index is 14.4. The van der Waals surface area contributed by atoms with Crippen molar-refractivity contribution in [1.29, 1.82) is 0 Å². The summed E-state index contributed by atoms with van der Waals surface area (Å²) in [6, 6.07) is 22.9. The van der Waals surface area contributed by atoms with Crippen LogP contribution in [0.15, 0.2) is 96.6 Å². The molecule has 0 saturated carbocycles. The average Bonchev–Trinajstić information content (AvgIpc) is 3.84. The van der Waals surface area contributed by atoms with E-state index in [1.54, 1.807) is 51.2 Å². The largest absolute Gasteiger partial charge is 0.462 e. The van der Waals surface area contributed by atoms with Crippen molar-refractivity contribution in [3.05, 3.63) is 124 Å². The maximum Gasteiger partial charge on any atom is 0.348 e. The van der Waals surface area contributed by atoms with E-state index >= 15 is 0 Å². The van der Waals surface area contributed by atoms with Gasteiger partial charge in [0.15, 0.2) is 5.79 Å². The van der Waals surface area contributed by atoms with Gasteiger partial charge in [-0.25, -0.2) is 14.4 Å². The molecule has 2 aliphatic heterocycles. The van der Waals surface area contributed by atoms with E-state index in [1.807, 2.05) is 54.6 Å². The number of likely N-dealkylation sites (N-methyl/N-ethyl adjacent to an activating group) is 1. The van der Waals surface area contributed by atoms with Crippen molar-refractivity contribution in [3.8, 4) is 0 Å². The van der Waals surface area contributed by atoms with E-state index in [9.17, 15) is 29.1 Å². The van der Waals surface area contributed by atoms with Gasteiger partial charge < -0.3 is 39.0 Å². The zero-order valence-corrected chi connectivity index (χ0v) is 32.1. The summed E-state index contributed by atoms with van der Waals surface area (Å²) >= 11 is 0. The Bertz CT molecular complexity index is 2070. The van der Waals surface area contributed by atoms with Gasteiger partial charge in [0.05, 0.1) is 12.2 Å². The highest BCUT2D eigenvalue weighted by molar-refractivity contribution is 5.98. The minimum absolute atomic E-state index is 0.0253. The molecule has 1 spiro atoms. The van der Waals surface area contributed by atoms with Crippen LogP contribution < -0.4 is 5.32 Å². The molecule has 0 aromatic heterocycles. The minimum atomic E-state index is -1.06. The number of carbonyl (C=O) groups excluding carboxylic acids is 5. The predicted molar refractivity (Wildman–Crippen MR) is 205 cm³/mol. The molecule has 7 rings (SSSR count). The molecule has 57 heavy (non-hydrogen) atoms. The summed E-state index contributed by atoms with van der Waals surface area (Å²) in [5.74, 6) is -4.04. The Labute approximate surface area is 330 Å². The molecule has 2 fully saturated rings. The van der Waals surface area contributed by atoms with Crippen molar-refractivity contribution in [2.45, 2.75) is 75.8 Å². The number of ether oxygens (including phenoxy) is 5. The van der Waals surface area contributed by atoms with E-state index in [2.05, 4.69) is 5.32 Å². The zero-order valence-electron chi connectivity index (χ0n) is 32.1. The van der Waals surface area contributed by atoms with Crippen LogP contribution in [0.5, 0.6) is 0 Å². The normalized spacial score (nSPS) is 23.2. The molecular formula is C44H46N2O11. The number of hydrogen-bond acceptors (Lipinski definition) is 11. The molecule has 3 aromatic carbocycles. The number of nitrogens with zero attached hydrogens (tertiary/aromatic N) is 1. The van der Waals surface area contributed by atoms with E-state index in [4.69, 9.17) is 23.7 Å². The average molecular weight is 779 g/mol. The monoisotopic (exact) mass is 778 g/mol. The van der Waals surface area contributed by atoms with Crippen LogP contribution in [0.25, 0.3) is 6.08 Å². The lowest BCUT2D eigenvalue weighted by Crippen LogP contribution is -2.51. The standard InChI is InChI=1S/C44H46N2O11/c1-43(2)26-53-42(52)38(43)55-36(48)18-17-28-13-9-10-16-32(28)41(51)54-34-22-31(23-35-37(34)57-44(56-35)24-29-14-7-8-15-30(29)25-44)40(50)46(3)33(39(49)45-19-20-47)21-27-11-5-4-6-12-27/h4-18,23,33-35,37-38,47H,19-22,24-26H2,1-3H3,(H,45,49). The third kappa shape index (κ3) is 8.55. The van der Waals surface area contributed by atoms with Gasteiger partial charge in [-0.1, -0.05) is 86.6 Å². The fourth-order valence-corrected chi connectivity index (χ4v) is 7.84. The summed E-state index contributed by atoms with van der Waals surface area (Å²) < 4.78 is 30.0. The Hall–Kier alpha value is -5.63. The van der Waals surface area contributed by atoms with Crippen LogP contribution >= 0.6 is 0 Å². The molecule has 2 amide bonds. The number of esters is 3. The molecule has 3 aromatic rings. The van der Waals surface area contributed by atoms with Gasteiger partial charge in [0.2, 0.25) is 17.9 Å². The number of amides is 2. The maximum atomic E-state index is 14.4. The summed E-state index contributed by atoms with van der Waals surface area (Å²) in [5.41, 5.74) is 3.09. The van der Waals surface area contributed by atoms with Gasteiger partial charge in [-0.2, -0.15) is 0 Å². The van der Waals surface area contributed by atoms with Gasteiger partial charge in [-0.15, -0.1) is 0 Å². The number of carbonyl (C=O) groups is 5. The summed E-state index contributed by atoms with van der Waals surface area (Å²) in [7, 11) is 1.55. The van der Waals surface area contributed by atoms with Crippen molar-refractivity contribution in [3.63, 3.8) is 0 Å². The van der Waals surface area contributed by atoms with E-state index in [1.165, 1.54) is 11.0 Å². The highest BCUT2D eigenvalue weighted by Crippen LogP contribution is 2.45. The smallest absolute Gasteiger partial charge is 0.348 e. The fraction of sp³-hybridized carbons (Fsp3) is 0.386. The molecule has 2 heterocycles. The first kappa shape index (κ1) is 39.6. The summed E-state index contributed by atoms with van der Waals surface area (Å²) in [6.07, 6.45) is 1.83. The van der Waals surface area contributed by atoms with Crippen LogP contribution in [0.1, 0.15) is 52.9 Å². The van der Waals surface area contributed by atoms with Crippen LogP contribution in [0.3, 0.4) is 0 Å². The summed E-state index contributed by atoms with van der Waals surface area (Å²) in [4.78, 5) is 68.2. The number of benzene rings is 3. The van der Waals surface area contributed by atoms with Crippen molar-refractivity contribution in [2.24, 2.45) is 5.41 Å². The Morgan fingerprint density at radius 2 is 1.63 bits per heavy atom. The van der Waals surface area contributed by atoms with Gasteiger partial charge in [0.1, 0.15) is 31.0 Å². The van der Waals surface area contributed by atoms with Gasteiger partial charge >= 0.3 is 17.9 Å². The molecule has 4 aliphatic rings. The van der Waals surface area contributed by atoms with Crippen LogP contribution in [0, 0.1) is 5.41 Å². The fourth-order valence-electron chi connectivity index (χ4n) is 7.84. The number of aliphatic hydroxyl groups is 1. The Morgan fingerprint density at radius 3 is 2.32 bits per heavy atom. The number of rotatable bonds is 12. The van der Waals surface area contributed by atoms with Crippen LogP contribution in [-0.4, -0.2) is 103 Å². The minimum Gasteiger partial charge on any atom is -0.462 e. The second-order valence-corrected chi connectivity index (χ2v) is 15.5. The number of cyclic esters (lactones) is 1. The highest BCUT2D eigenvalue weighted by Gasteiger charge is 2.55. The van der Waals surface area contributed by atoms with Crippen molar-refractivity contribution < 1.29 is 52.8 Å². The van der Waals surface area contributed by atoms with Crippen molar-refractivity contribution >= 4 is 35.8 Å². The number of aliphatic hydroxyl groups excluding tert-OH is 1. The van der Waals surface area contributed by atoms with Gasteiger partial charge in [-0.3, -0.25) is 9.59 Å². The lowest BCUT2D eigenvalue weighted by molar-refractivity contribution is -0.172. The van der Waals surface area contributed by atoms with E-state index in [0.29, 0.717) is 18.4 Å². The molecule has 0 radical (unpaired) electrons. The lowest BCUT2D eigenvalue weighted by Gasteiger charge is -2.33. The molecule has 298 valence electrons. The molecule has 2 N–H and O–H groups in total. The van der Waals surface area contributed by atoms with Crippen LogP contribution in [-0.2, 0) is 62.1 Å². The third-order valence-electron chi connectivity index (χ3n) is 10.8. The van der Waals surface area contributed by atoms with Crippen LogP contribution in [0.4, 0.5) is 0 Å². The molecular weight excluding hydrogens is 732 g/mol. The second kappa shape index (κ2) is 16.5. The molecule has 5 atom stereocenters.